The van der Waals surface area contributed by atoms with Crippen molar-refractivity contribution in [3.63, 3.8) is 0 Å². The summed E-state index contributed by atoms with van der Waals surface area (Å²) in [6.45, 7) is 0. The Kier molecular flexibility index (Phi) is 2.38. The van der Waals surface area contributed by atoms with Crippen LogP contribution in [-0.2, 0) is 10.2 Å². The van der Waals surface area contributed by atoms with Crippen molar-refractivity contribution in [1.82, 2.24) is 0 Å². The zero-order valence-electron chi connectivity index (χ0n) is 8.54. The Balaban J connectivity index is 2.58. The molecule has 0 amide bonds. The first kappa shape index (κ1) is 11.5. The lowest BCUT2D eigenvalue weighted by Crippen LogP contribution is -2.21. The van der Waals surface area contributed by atoms with Gasteiger partial charge in [0.1, 0.15) is 0 Å². The molecule has 1 aromatic carbocycles. The minimum Gasteiger partial charge on any atom is -0.481 e. The van der Waals surface area contributed by atoms with Gasteiger partial charge in [0.05, 0.1) is 11.0 Å². The summed E-state index contributed by atoms with van der Waals surface area (Å²) >= 11 is 0. The predicted molar refractivity (Wildman–Crippen MR) is 51.9 cm³/mol. The average Bonchev–Trinajstić information content (AvgIpc) is 3.02. The number of carboxylic acid groups (broad SMARTS) is 2. The van der Waals surface area contributed by atoms with Crippen LogP contribution in [0.25, 0.3) is 0 Å². The molecule has 0 spiro atoms. The van der Waals surface area contributed by atoms with Gasteiger partial charge in [0.2, 0.25) is 0 Å². The molecule has 0 heterocycles. The molecular formula is C11H8F2O4. The monoisotopic (exact) mass is 242 g/mol. The molecule has 2 rings (SSSR count). The predicted octanol–water partition coefficient (Wildman–Crippen LogP) is 1.78. The van der Waals surface area contributed by atoms with Crippen LogP contribution in [0, 0.1) is 11.6 Å². The zero-order valence-corrected chi connectivity index (χ0v) is 8.54. The second kappa shape index (κ2) is 3.51. The SMILES string of the molecule is O=C(O)c1cc(C2(C(=O)O)CC2)cc(F)c1F. The van der Waals surface area contributed by atoms with Crippen molar-refractivity contribution in [2.45, 2.75) is 18.3 Å². The smallest absolute Gasteiger partial charge is 0.338 e. The number of aromatic carboxylic acids is 1. The Morgan fingerprint density at radius 3 is 2.18 bits per heavy atom. The number of carboxylic acids is 2. The summed E-state index contributed by atoms with van der Waals surface area (Å²) in [6.07, 6.45) is 0.596. The van der Waals surface area contributed by atoms with Gasteiger partial charge in [-0.2, -0.15) is 0 Å². The van der Waals surface area contributed by atoms with Crippen LogP contribution in [0.3, 0.4) is 0 Å². The van der Waals surface area contributed by atoms with Gasteiger partial charge in [-0.15, -0.1) is 0 Å². The van der Waals surface area contributed by atoms with Gasteiger partial charge in [0.15, 0.2) is 11.6 Å². The molecule has 4 nitrogen and oxygen atoms in total. The lowest BCUT2D eigenvalue weighted by atomic mass is 9.94. The second-order valence-corrected chi connectivity index (χ2v) is 4.01. The van der Waals surface area contributed by atoms with Crippen molar-refractivity contribution in [2.24, 2.45) is 0 Å². The van der Waals surface area contributed by atoms with E-state index in [0.29, 0.717) is 12.8 Å². The molecular weight excluding hydrogens is 234 g/mol. The molecule has 0 saturated heterocycles. The number of rotatable bonds is 3. The largest absolute Gasteiger partial charge is 0.481 e. The number of aliphatic carboxylic acids is 1. The molecule has 2 N–H and O–H groups in total. The summed E-state index contributed by atoms with van der Waals surface area (Å²) in [7, 11) is 0. The van der Waals surface area contributed by atoms with Gasteiger partial charge < -0.3 is 10.2 Å². The van der Waals surface area contributed by atoms with Gasteiger partial charge in [-0.1, -0.05) is 0 Å². The van der Waals surface area contributed by atoms with Gasteiger partial charge in [-0.3, -0.25) is 4.79 Å². The van der Waals surface area contributed by atoms with Crippen LogP contribution in [0.15, 0.2) is 12.1 Å². The maximum absolute atomic E-state index is 13.2. The highest BCUT2D eigenvalue weighted by Gasteiger charge is 2.52. The molecule has 0 bridgehead atoms. The van der Waals surface area contributed by atoms with Gasteiger partial charge >= 0.3 is 11.9 Å². The van der Waals surface area contributed by atoms with Crippen molar-refractivity contribution in [2.75, 3.05) is 0 Å². The van der Waals surface area contributed by atoms with Crippen molar-refractivity contribution in [3.8, 4) is 0 Å². The van der Waals surface area contributed by atoms with Crippen LogP contribution in [0.2, 0.25) is 0 Å². The number of hydrogen-bond acceptors (Lipinski definition) is 2. The van der Waals surface area contributed by atoms with E-state index in [4.69, 9.17) is 10.2 Å². The first-order valence-electron chi connectivity index (χ1n) is 4.85. The minimum absolute atomic E-state index is 0.00120. The van der Waals surface area contributed by atoms with E-state index in [1.165, 1.54) is 0 Å². The van der Waals surface area contributed by atoms with Gasteiger partial charge in [0.25, 0.3) is 0 Å². The first-order chi connectivity index (χ1) is 7.88. The molecule has 1 saturated carbocycles. The molecule has 0 radical (unpaired) electrons. The summed E-state index contributed by atoms with van der Waals surface area (Å²) in [5.41, 5.74) is -2.09. The van der Waals surface area contributed by atoms with Crippen molar-refractivity contribution in [3.05, 3.63) is 34.9 Å². The maximum Gasteiger partial charge on any atom is 0.338 e. The molecule has 0 atom stereocenters. The number of carbonyl (C=O) groups is 2. The molecule has 1 aromatic rings. The summed E-state index contributed by atoms with van der Waals surface area (Å²) in [6, 6.07) is 1.64. The summed E-state index contributed by atoms with van der Waals surface area (Å²) < 4.78 is 26.3. The van der Waals surface area contributed by atoms with Crippen LogP contribution < -0.4 is 0 Å². The lowest BCUT2D eigenvalue weighted by Gasteiger charge is -2.11. The van der Waals surface area contributed by atoms with Crippen LogP contribution in [-0.4, -0.2) is 22.2 Å². The first-order valence-corrected chi connectivity index (χ1v) is 4.85. The number of halogens is 2. The highest BCUT2D eigenvalue weighted by molar-refractivity contribution is 5.90. The Bertz CT molecular complexity index is 520. The van der Waals surface area contributed by atoms with Crippen molar-refractivity contribution >= 4 is 11.9 Å². The number of hydrogen-bond donors (Lipinski definition) is 2. The summed E-state index contributed by atoms with van der Waals surface area (Å²) in [5, 5.41) is 17.7. The van der Waals surface area contributed by atoms with Crippen molar-refractivity contribution in [1.29, 1.82) is 0 Å². The van der Waals surface area contributed by atoms with Crippen molar-refractivity contribution < 1.29 is 28.6 Å². The Hall–Kier alpha value is -1.98. The number of benzene rings is 1. The van der Waals surface area contributed by atoms with Crippen LogP contribution in [0.1, 0.15) is 28.8 Å². The molecule has 1 aliphatic rings. The Labute approximate surface area is 94.5 Å². The molecule has 6 heteroatoms. The molecule has 1 fully saturated rings. The molecule has 0 unspecified atom stereocenters. The molecule has 17 heavy (non-hydrogen) atoms. The molecule has 90 valence electrons. The van der Waals surface area contributed by atoms with E-state index < -0.39 is 34.6 Å². The highest BCUT2D eigenvalue weighted by Crippen LogP contribution is 2.48. The highest BCUT2D eigenvalue weighted by atomic mass is 19.2. The minimum atomic E-state index is -1.62. The molecule has 1 aliphatic carbocycles. The van der Waals surface area contributed by atoms with E-state index in [2.05, 4.69) is 0 Å². The fourth-order valence-corrected chi connectivity index (χ4v) is 1.77. The van der Waals surface area contributed by atoms with Crippen LogP contribution in [0.4, 0.5) is 8.78 Å². The zero-order chi connectivity index (χ0) is 12.8. The van der Waals surface area contributed by atoms with E-state index >= 15 is 0 Å². The maximum atomic E-state index is 13.2. The second-order valence-electron chi connectivity index (χ2n) is 4.01. The van der Waals surface area contributed by atoms with Crippen LogP contribution in [0.5, 0.6) is 0 Å². The molecule has 0 aromatic heterocycles. The fourth-order valence-electron chi connectivity index (χ4n) is 1.77. The van der Waals surface area contributed by atoms with Gasteiger partial charge in [0, 0.05) is 0 Å². The third-order valence-corrected chi connectivity index (χ3v) is 2.97. The quantitative estimate of drug-likeness (QED) is 0.847. The van der Waals surface area contributed by atoms with Crippen LogP contribution >= 0.6 is 0 Å². The van der Waals surface area contributed by atoms with E-state index in [9.17, 15) is 18.4 Å². The summed E-state index contributed by atoms with van der Waals surface area (Å²) in [5.74, 6) is -5.58. The van der Waals surface area contributed by atoms with Gasteiger partial charge in [-0.05, 0) is 30.5 Å². The Morgan fingerprint density at radius 1 is 1.18 bits per heavy atom. The lowest BCUT2D eigenvalue weighted by molar-refractivity contribution is -0.140. The molecule has 0 aliphatic heterocycles. The summed E-state index contributed by atoms with van der Waals surface area (Å²) in [4.78, 5) is 21.7. The van der Waals surface area contributed by atoms with Gasteiger partial charge in [-0.25, -0.2) is 13.6 Å². The van der Waals surface area contributed by atoms with E-state index in [0.717, 1.165) is 12.1 Å². The Morgan fingerprint density at radius 2 is 1.76 bits per heavy atom. The van der Waals surface area contributed by atoms with E-state index in [1.54, 1.807) is 0 Å². The van der Waals surface area contributed by atoms with E-state index in [1.807, 2.05) is 0 Å². The fraction of sp³-hybridized carbons (Fsp3) is 0.273. The topological polar surface area (TPSA) is 74.6 Å². The third kappa shape index (κ3) is 1.65. The standard InChI is InChI=1S/C11H8F2O4/c12-7-4-5(11(1-2-11)10(16)17)3-6(8(7)13)9(14)15/h3-4H,1-2H2,(H,14,15)(H,16,17). The van der Waals surface area contributed by atoms with E-state index in [-0.39, 0.29) is 5.56 Å². The third-order valence-electron chi connectivity index (χ3n) is 2.97. The normalized spacial score (nSPS) is 16.6. The average molecular weight is 242 g/mol.